The van der Waals surface area contributed by atoms with Crippen LogP contribution < -0.4 is 10.6 Å². The van der Waals surface area contributed by atoms with Crippen LogP contribution in [0.5, 0.6) is 0 Å². The summed E-state index contributed by atoms with van der Waals surface area (Å²) in [6.45, 7) is 9.26. The maximum absolute atomic E-state index is 12.2. The molecule has 1 unspecified atom stereocenters. The predicted octanol–water partition coefficient (Wildman–Crippen LogP) is 2.42. The first-order valence-corrected chi connectivity index (χ1v) is 7.60. The molecule has 1 aliphatic rings. The van der Waals surface area contributed by atoms with Gasteiger partial charge in [-0.2, -0.15) is 0 Å². The number of hydrogen-bond donors (Lipinski definition) is 1. The number of hydrogen-bond acceptors (Lipinski definition) is 5. The van der Waals surface area contributed by atoms with Crippen LogP contribution in [0.2, 0.25) is 0 Å². The number of ether oxygens (including phenoxy) is 1. The predicted molar refractivity (Wildman–Crippen MR) is 88.0 cm³/mol. The first kappa shape index (κ1) is 16.4. The smallest absolute Gasteiger partial charge is 0.410 e. The highest BCUT2D eigenvalue weighted by molar-refractivity contribution is 5.68. The van der Waals surface area contributed by atoms with Gasteiger partial charge in [0.2, 0.25) is 0 Å². The van der Waals surface area contributed by atoms with Crippen LogP contribution in [-0.4, -0.2) is 47.8 Å². The molecule has 1 amide bonds. The number of nitrogens with two attached hydrogens (primary N) is 1. The number of anilines is 2. The molecule has 1 aromatic heterocycles. The number of aromatic nitrogens is 1. The molecule has 2 heterocycles. The van der Waals surface area contributed by atoms with Gasteiger partial charge < -0.3 is 20.3 Å². The van der Waals surface area contributed by atoms with Crippen molar-refractivity contribution in [2.75, 3.05) is 30.8 Å². The zero-order valence-corrected chi connectivity index (χ0v) is 14.1. The van der Waals surface area contributed by atoms with E-state index in [9.17, 15) is 4.79 Å². The minimum absolute atomic E-state index is 0.133. The lowest BCUT2D eigenvalue weighted by Crippen LogP contribution is -2.42. The van der Waals surface area contributed by atoms with Crippen LogP contribution in [0, 0.1) is 6.92 Å². The van der Waals surface area contributed by atoms with Crippen molar-refractivity contribution in [3.8, 4) is 0 Å². The van der Waals surface area contributed by atoms with E-state index < -0.39 is 5.60 Å². The Morgan fingerprint density at radius 3 is 2.77 bits per heavy atom. The van der Waals surface area contributed by atoms with Crippen molar-refractivity contribution < 1.29 is 9.53 Å². The first-order chi connectivity index (χ1) is 10.2. The van der Waals surface area contributed by atoms with Crippen LogP contribution in [0.4, 0.5) is 16.3 Å². The standard InChI is InChI=1S/C16H26N4O2/c1-11-8-12(17)9-18-14(11)20-7-6-13(10-20)19(5)15(21)22-16(2,3)4/h8-9,13H,6-7,10,17H2,1-5H3. The van der Waals surface area contributed by atoms with Gasteiger partial charge in [0.1, 0.15) is 11.4 Å². The Kier molecular flexibility index (Phi) is 4.49. The number of aryl methyl sites for hydroxylation is 1. The zero-order chi connectivity index (χ0) is 16.5. The van der Waals surface area contributed by atoms with Crippen molar-refractivity contribution in [1.82, 2.24) is 9.88 Å². The average molecular weight is 306 g/mol. The Labute approximate surface area is 132 Å². The number of nitrogen functional groups attached to an aromatic ring is 1. The highest BCUT2D eigenvalue weighted by atomic mass is 16.6. The number of carbonyl (C=O) groups is 1. The molecule has 1 saturated heterocycles. The number of pyridine rings is 1. The van der Waals surface area contributed by atoms with Crippen molar-refractivity contribution in [3.05, 3.63) is 17.8 Å². The summed E-state index contributed by atoms with van der Waals surface area (Å²) in [5.74, 6) is 0.939. The third-order valence-corrected chi connectivity index (χ3v) is 3.76. The van der Waals surface area contributed by atoms with Gasteiger partial charge in [-0.15, -0.1) is 0 Å². The van der Waals surface area contributed by atoms with Gasteiger partial charge in [0, 0.05) is 20.1 Å². The molecule has 0 aromatic carbocycles. The minimum atomic E-state index is -0.473. The molecule has 22 heavy (non-hydrogen) atoms. The van der Waals surface area contributed by atoms with Gasteiger partial charge in [-0.3, -0.25) is 0 Å². The second kappa shape index (κ2) is 6.02. The fraction of sp³-hybridized carbons (Fsp3) is 0.625. The fourth-order valence-electron chi connectivity index (χ4n) is 2.65. The minimum Gasteiger partial charge on any atom is -0.444 e. The monoisotopic (exact) mass is 306 g/mol. The Bertz CT molecular complexity index is 554. The van der Waals surface area contributed by atoms with Gasteiger partial charge >= 0.3 is 6.09 Å². The third kappa shape index (κ3) is 3.81. The molecule has 1 fully saturated rings. The lowest BCUT2D eigenvalue weighted by molar-refractivity contribution is 0.0238. The Balaban J connectivity index is 2.01. The highest BCUT2D eigenvalue weighted by Gasteiger charge is 2.31. The van der Waals surface area contributed by atoms with E-state index in [1.54, 1.807) is 18.1 Å². The van der Waals surface area contributed by atoms with E-state index in [2.05, 4.69) is 9.88 Å². The first-order valence-electron chi connectivity index (χ1n) is 7.60. The number of likely N-dealkylation sites (N-methyl/N-ethyl adjacent to an activating group) is 1. The summed E-state index contributed by atoms with van der Waals surface area (Å²) in [5, 5.41) is 0. The summed E-state index contributed by atoms with van der Waals surface area (Å²) >= 11 is 0. The van der Waals surface area contributed by atoms with E-state index in [0.29, 0.717) is 5.69 Å². The summed E-state index contributed by atoms with van der Waals surface area (Å²) in [4.78, 5) is 20.5. The maximum atomic E-state index is 12.2. The Hall–Kier alpha value is -1.98. The van der Waals surface area contributed by atoms with E-state index >= 15 is 0 Å². The van der Waals surface area contributed by atoms with Crippen molar-refractivity contribution in [3.63, 3.8) is 0 Å². The normalized spacial score (nSPS) is 18.4. The van der Waals surface area contributed by atoms with Crippen LogP contribution in [0.25, 0.3) is 0 Å². The summed E-state index contributed by atoms with van der Waals surface area (Å²) < 4.78 is 5.43. The van der Waals surface area contributed by atoms with Crippen molar-refractivity contribution in [2.45, 2.75) is 45.8 Å². The van der Waals surface area contributed by atoms with Gasteiger partial charge in [-0.1, -0.05) is 0 Å². The SMILES string of the molecule is Cc1cc(N)cnc1N1CCC(N(C)C(=O)OC(C)(C)C)C1. The van der Waals surface area contributed by atoms with E-state index in [4.69, 9.17) is 10.5 Å². The molecule has 1 atom stereocenters. The van der Waals surface area contributed by atoms with Gasteiger partial charge in [-0.25, -0.2) is 9.78 Å². The topological polar surface area (TPSA) is 71.7 Å². The summed E-state index contributed by atoms with van der Waals surface area (Å²) in [6.07, 6.45) is 2.30. The second-order valence-corrected chi connectivity index (χ2v) is 6.89. The molecule has 2 rings (SSSR count). The highest BCUT2D eigenvalue weighted by Crippen LogP contribution is 2.25. The lowest BCUT2D eigenvalue weighted by atomic mass is 10.2. The summed E-state index contributed by atoms with van der Waals surface area (Å²) in [6, 6.07) is 2.06. The van der Waals surface area contributed by atoms with E-state index in [1.165, 1.54) is 0 Å². The molecule has 122 valence electrons. The fourth-order valence-corrected chi connectivity index (χ4v) is 2.65. The van der Waals surface area contributed by atoms with Gasteiger partial charge in [0.25, 0.3) is 0 Å². The van der Waals surface area contributed by atoms with E-state index in [1.807, 2.05) is 33.8 Å². The molecular weight excluding hydrogens is 280 g/mol. The molecule has 0 bridgehead atoms. The number of rotatable bonds is 2. The summed E-state index contributed by atoms with van der Waals surface area (Å²) in [7, 11) is 1.80. The Morgan fingerprint density at radius 2 is 2.18 bits per heavy atom. The van der Waals surface area contributed by atoms with Crippen LogP contribution in [0.3, 0.4) is 0 Å². The average Bonchev–Trinajstić information content (AvgIpc) is 2.85. The van der Waals surface area contributed by atoms with Gasteiger partial charge in [-0.05, 0) is 45.7 Å². The molecule has 1 aromatic rings. The molecule has 2 N–H and O–H groups in total. The van der Waals surface area contributed by atoms with Gasteiger partial charge in [0.15, 0.2) is 0 Å². The molecule has 6 heteroatoms. The number of amides is 1. The molecule has 1 aliphatic heterocycles. The number of carbonyl (C=O) groups excluding carboxylic acids is 1. The quantitative estimate of drug-likeness (QED) is 0.908. The van der Waals surface area contributed by atoms with Gasteiger partial charge in [0.05, 0.1) is 17.9 Å². The molecular formula is C16H26N4O2. The lowest BCUT2D eigenvalue weighted by Gasteiger charge is -2.28. The largest absolute Gasteiger partial charge is 0.444 e. The maximum Gasteiger partial charge on any atom is 0.410 e. The van der Waals surface area contributed by atoms with Crippen LogP contribution in [0.1, 0.15) is 32.8 Å². The van der Waals surface area contributed by atoms with E-state index in [0.717, 1.165) is 30.9 Å². The van der Waals surface area contributed by atoms with E-state index in [-0.39, 0.29) is 12.1 Å². The van der Waals surface area contributed by atoms with Crippen LogP contribution >= 0.6 is 0 Å². The van der Waals surface area contributed by atoms with Crippen molar-refractivity contribution >= 4 is 17.6 Å². The summed E-state index contributed by atoms with van der Waals surface area (Å²) in [5.41, 5.74) is 7.00. The second-order valence-electron chi connectivity index (χ2n) is 6.89. The molecule has 0 radical (unpaired) electrons. The third-order valence-electron chi connectivity index (χ3n) is 3.76. The Morgan fingerprint density at radius 1 is 1.50 bits per heavy atom. The van der Waals surface area contributed by atoms with Crippen molar-refractivity contribution in [2.24, 2.45) is 0 Å². The van der Waals surface area contributed by atoms with Crippen molar-refractivity contribution in [1.29, 1.82) is 0 Å². The molecule has 0 aliphatic carbocycles. The van der Waals surface area contributed by atoms with Crippen LogP contribution in [0.15, 0.2) is 12.3 Å². The molecule has 0 spiro atoms. The zero-order valence-electron chi connectivity index (χ0n) is 14.1. The number of nitrogens with zero attached hydrogens (tertiary/aromatic N) is 3. The van der Waals surface area contributed by atoms with Crippen LogP contribution in [-0.2, 0) is 4.74 Å². The molecule has 6 nitrogen and oxygen atoms in total. The molecule has 0 saturated carbocycles.